The van der Waals surface area contributed by atoms with E-state index < -0.39 is 6.67 Å². The maximum atomic E-state index is 13.3. The van der Waals surface area contributed by atoms with Crippen LogP contribution in [0.15, 0.2) is 35.1 Å². The number of fused-ring (bicyclic) bond motifs is 3. The molecular formula is C22H22FN3O2S. The summed E-state index contributed by atoms with van der Waals surface area (Å²) in [4.78, 5) is 20.6. The minimum Gasteiger partial charge on any atom is -0.481 e. The molecule has 0 bridgehead atoms. The number of aromatic amines is 1. The summed E-state index contributed by atoms with van der Waals surface area (Å²) < 4.78 is 19.5. The van der Waals surface area contributed by atoms with Gasteiger partial charge in [0.1, 0.15) is 11.4 Å². The fourth-order valence-electron chi connectivity index (χ4n) is 3.66. The van der Waals surface area contributed by atoms with E-state index in [1.165, 1.54) is 11.3 Å². The van der Waals surface area contributed by atoms with Crippen molar-refractivity contribution in [2.24, 2.45) is 5.73 Å². The van der Waals surface area contributed by atoms with Crippen LogP contribution in [0.25, 0.3) is 32.1 Å². The molecule has 150 valence electrons. The summed E-state index contributed by atoms with van der Waals surface area (Å²) >= 11 is 1.18. The fourth-order valence-corrected chi connectivity index (χ4v) is 4.57. The van der Waals surface area contributed by atoms with Crippen molar-refractivity contribution in [3.8, 4) is 17.0 Å². The van der Waals surface area contributed by atoms with E-state index in [-0.39, 0.29) is 11.5 Å². The molecule has 1 unspecified atom stereocenters. The van der Waals surface area contributed by atoms with Crippen molar-refractivity contribution in [2.45, 2.75) is 26.4 Å². The number of benzene rings is 1. The highest BCUT2D eigenvalue weighted by Crippen LogP contribution is 2.41. The van der Waals surface area contributed by atoms with Crippen molar-refractivity contribution < 1.29 is 9.13 Å². The van der Waals surface area contributed by atoms with E-state index in [1.807, 2.05) is 31.2 Å². The Bertz CT molecular complexity index is 1260. The summed E-state index contributed by atoms with van der Waals surface area (Å²) in [6.45, 7) is 3.87. The summed E-state index contributed by atoms with van der Waals surface area (Å²) in [5.41, 5.74) is 9.69. The van der Waals surface area contributed by atoms with Crippen LogP contribution in [0, 0.1) is 6.92 Å². The molecule has 4 aromatic rings. The summed E-state index contributed by atoms with van der Waals surface area (Å²) in [7, 11) is 1.57. The number of hydrogen-bond donors (Lipinski definition) is 2. The number of rotatable bonds is 5. The molecule has 29 heavy (non-hydrogen) atoms. The minimum absolute atomic E-state index is 0.231. The maximum absolute atomic E-state index is 13.3. The van der Waals surface area contributed by atoms with Crippen molar-refractivity contribution in [2.75, 3.05) is 13.7 Å². The van der Waals surface area contributed by atoms with Crippen LogP contribution in [0.5, 0.6) is 5.88 Å². The number of halogens is 1. The molecule has 0 saturated heterocycles. The number of nitrogens with one attached hydrogen (secondary N) is 1. The van der Waals surface area contributed by atoms with E-state index in [9.17, 15) is 9.18 Å². The Morgan fingerprint density at radius 1 is 1.31 bits per heavy atom. The standard InChI is InChI=1S/C22H22FN3O2S/c1-11(10-24)13-4-6-14(7-5-13)17-18-16-8-15(9-23)29-20(16)21(27)26-19(18)12(2)25-22(17)28-3/h4-8,11H,9-10,24H2,1-3H3,(H,26,27). The van der Waals surface area contributed by atoms with E-state index in [0.29, 0.717) is 33.2 Å². The second-order valence-corrected chi connectivity index (χ2v) is 8.27. The first-order valence-corrected chi connectivity index (χ1v) is 10.2. The number of thiophene rings is 1. The topological polar surface area (TPSA) is 81.0 Å². The first-order valence-electron chi connectivity index (χ1n) is 9.37. The number of hydrogen-bond acceptors (Lipinski definition) is 5. The Balaban J connectivity index is 2.10. The predicted molar refractivity (Wildman–Crippen MR) is 117 cm³/mol. The molecule has 1 atom stereocenters. The van der Waals surface area contributed by atoms with Gasteiger partial charge in [0.25, 0.3) is 5.56 Å². The molecule has 0 fully saturated rings. The Hall–Kier alpha value is -2.77. The molecule has 0 saturated carbocycles. The Labute approximate surface area is 171 Å². The molecule has 0 aliphatic rings. The maximum Gasteiger partial charge on any atom is 0.266 e. The highest BCUT2D eigenvalue weighted by Gasteiger charge is 2.20. The van der Waals surface area contributed by atoms with Gasteiger partial charge in [-0.3, -0.25) is 4.79 Å². The molecule has 0 spiro atoms. The lowest BCUT2D eigenvalue weighted by Crippen LogP contribution is -2.09. The number of ether oxygens (including phenoxy) is 1. The molecule has 0 radical (unpaired) electrons. The number of alkyl halides is 1. The van der Waals surface area contributed by atoms with Crippen LogP contribution in [0.1, 0.15) is 29.0 Å². The third-order valence-corrected chi connectivity index (χ3v) is 6.39. The van der Waals surface area contributed by atoms with Crippen LogP contribution in [0.3, 0.4) is 0 Å². The Kier molecular flexibility index (Phi) is 5.10. The lowest BCUT2D eigenvalue weighted by Gasteiger charge is -2.15. The van der Waals surface area contributed by atoms with Gasteiger partial charge < -0.3 is 15.5 Å². The van der Waals surface area contributed by atoms with Crippen LogP contribution < -0.4 is 16.0 Å². The second-order valence-electron chi connectivity index (χ2n) is 7.13. The van der Waals surface area contributed by atoms with E-state index >= 15 is 0 Å². The number of nitrogens with two attached hydrogens (primary N) is 1. The number of pyridine rings is 2. The monoisotopic (exact) mass is 411 g/mol. The lowest BCUT2D eigenvalue weighted by molar-refractivity contribution is 0.399. The van der Waals surface area contributed by atoms with Gasteiger partial charge in [-0.05, 0) is 36.6 Å². The average Bonchev–Trinajstić information content (AvgIpc) is 3.19. The van der Waals surface area contributed by atoms with Gasteiger partial charge in [0, 0.05) is 15.6 Å². The average molecular weight is 412 g/mol. The molecule has 3 aromatic heterocycles. The van der Waals surface area contributed by atoms with Crippen LogP contribution in [-0.2, 0) is 6.67 Å². The number of H-pyrrole nitrogens is 1. The second kappa shape index (κ2) is 7.57. The zero-order valence-electron chi connectivity index (χ0n) is 16.5. The molecule has 0 amide bonds. The van der Waals surface area contributed by atoms with Crippen molar-refractivity contribution in [1.82, 2.24) is 9.97 Å². The van der Waals surface area contributed by atoms with Crippen LogP contribution in [0.4, 0.5) is 4.39 Å². The molecule has 1 aromatic carbocycles. The third kappa shape index (κ3) is 3.20. The molecule has 7 heteroatoms. The van der Waals surface area contributed by atoms with E-state index in [4.69, 9.17) is 10.5 Å². The highest BCUT2D eigenvalue weighted by molar-refractivity contribution is 7.19. The van der Waals surface area contributed by atoms with Gasteiger partial charge in [0.2, 0.25) is 5.88 Å². The van der Waals surface area contributed by atoms with Gasteiger partial charge in [-0.25, -0.2) is 9.37 Å². The van der Waals surface area contributed by atoms with E-state index in [2.05, 4.69) is 16.9 Å². The van der Waals surface area contributed by atoms with Crippen LogP contribution >= 0.6 is 11.3 Å². The van der Waals surface area contributed by atoms with Gasteiger partial charge in [0.15, 0.2) is 0 Å². The molecule has 4 rings (SSSR count). The first kappa shape index (κ1) is 19.5. The fraction of sp³-hybridized carbons (Fsp3) is 0.273. The minimum atomic E-state index is -0.609. The van der Waals surface area contributed by atoms with Gasteiger partial charge in [-0.2, -0.15) is 0 Å². The van der Waals surface area contributed by atoms with Gasteiger partial charge in [0.05, 0.1) is 23.9 Å². The van der Waals surface area contributed by atoms with Crippen LogP contribution in [0.2, 0.25) is 0 Å². The molecule has 0 aliphatic heterocycles. The summed E-state index contributed by atoms with van der Waals surface area (Å²) in [6, 6.07) is 9.86. The van der Waals surface area contributed by atoms with Crippen molar-refractivity contribution >= 4 is 32.3 Å². The number of methoxy groups -OCH3 is 1. The zero-order valence-corrected chi connectivity index (χ0v) is 17.3. The summed E-state index contributed by atoms with van der Waals surface area (Å²) in [5.74, 6) is 0.724. The third-order valence-electron chi connectivity index (χ3n) is 5.29. The molecule has 0 aliphatic carbocycles. The van der Waals surface area contributed by atoms with Crippen molar-refractivity contribution in [3.63, 3.8) is 0 Å². The quantitative estimate of drug-likeness (QED) is 0.501. The Morgan fingerprint density at radius 3 is 2.66 bits per heavy atom. The van der Waals surface area contributed by atoms with Crippen molar-refractivity contribution in [3.05, 3.63) is 56.8 Å². The smallest absolute Gasteiger partial charge is 0.266 e. The number of aromatic nitrogens is 2. The molecule has 5 nitrogen and oxygen atoms in total. The molecule has 3 N–H and O–H groups in total. The Morgan fingerprint density at radius 2 is 2.03 bits per heavy atom. The molecule has 3 heterocycles. The van der Waals surface area contributed by atoms with Gasteiger partial charge in [-0.1, -0.05) is 31.2 Å². The highest BCUT2D eigenvalue weighted by atomic mass is 32.1. The van der Waals surface area contributed by atoms with E-state index in [0.717, 1.165) is 27.5 Å². The van der Waals surface area contributed by atoms with Crippen molar-refractivity contribution in [1.29, 1.82) is 0 Å². The lowest BCUT2D eigenvalue weighted by atomic mass is 9.95. The van der Waals surface area contributed by atoms with E-state index in [1.54, 1.807) is 13.2 Å². The summed E-state index contributed by atoms with van der Waals surface area (Å²) in [5, 5.41) is 1.54. The molecular weight excluding hydrogens is 389 g/mol. The number of aryl methyl sites for hydroxylation is 1. The van der Waals surface area contributed by atoms with Gasteiger partial charge >= 0.3 is 0 Å². The zero-order chi connectivity index (χ0) is 20.7. The normalized spacial score (nSPS) is 12.6. The SMILES string of the molecule is COc1nc(C)c2[nH]c(=O)c3sc(CF)cc3c2c1-c1ccc(C(C)CN)cc1. The largest absolute Gasteiger partial charge is 0.481 e. The predicted octanol–water partition coefficient (Wildman–Crippen LogP) is 4.65. The number of nitrogens with zero attached hydrogens (tertiary/aromatic N) is 1. The first-order chi connectivity index (χ1) is 14.0. The van der Waals surface area contributed by atoms with Gasteiger partial charge in [-0.15, -0.1) is 11.3 Å². The van der Waals surface area contributed by atoms with Crippen LogP contribution in [-0.4, -0.2) is 23.6 Å². The summed E-state index contributed by atoms with van der Waals surface area (Å²) in [6.07, 6.45) is 0.